The van der Waals surface area contributed by atoms with Gasteiger partial charge in [-0.2, -0.15) is 0 Å². The minimum Gasteiger partial charge on any atom is -0.297 e. The van der Waals surface area contributed by atoms with Crippen LogP contribution in [0.4, 0.5) is 0 Å². The molecular formula is C15H19Cl2N. The Morgan fingerprint density at radius 3 is 2.72 bits per heavy atom. The van der Waals surface area contributed by atoms with Gasteiger partial charge in [0.1, 0.15) is 0 Å². The van der Waals surface area contributed by atoms with Crippen LogP contribution in [-0.4, -0.2) is 24.0 Å². The highest BCUT2D eigenvalue weighted by molar-refractivity contribution is 6.31. The molecule has 0 N–H and O–H groups in total. The molecule has 1 nitrogen and oxygen atoms in total. The zero-order valence-electron chi connectivity index (χ0n) is 10.8. The number of halogens is 2. The lowest BCUT2D eigenvalue weighted by Crippen LogP contribution is -2.34. The molecule has 98 valence electrons. The highest BCUT2D eigenvalue weighted by atomic mass is 35.5. The first-order valence-corrected chi connectivity index (χ1v) is 6.72. The van der Waals surface area contributed by atoms with E-state index in [0.29, 0.717) is 6.04 Å². The molecule has 0 aliphatic carbocycles. The Hall–Kier alpha value is -0.500. The van der Waals surface area contributed by atoms with Gasteiger partial charge in [0.25, 0.3) is 0 Å². The Kier molecular flexibility index (Phi) is 4.05. The smallest absolute Gasteiger partial charge is 0.0435 e. The third-order valence-electron chi connectivity index (χ3n) is 4.27. The summed E-state index contributed by atoms with van der Waals surface area (Å²) in [6, 6.07) is 7.80. The van der Waals surface area contributed by atoms with Crippen LogP contribution >= 0.6 is 24.0 Å². The third kappa shape index (κ3) is 2.32. The van der Waals surface area contributed by atoms with Crippen LogP contribution in [0.1, 0.15) is 30.4 Å². The monoisotopic (exact) mass is 283 g/mol. The molecule has 2 aliphatic heterocycles. The lowest BCUT2D eigenvalue weighted by molar-refractivity contribution is 0.264. The van der Waals surface area contributed by atoms with E-state index in [9.17, 15) is 0 Å². The zero-order chi connectivity index (χ0) is 12.0. The van der Waals surface area contributed by atoms with E-state index in [2.05, 4.69) is 37.1 Å². The molecule has 1 aromatic rings. The van der Waals surface area contributed by atoms with Gasteiger partial charge < -0.3 is 0 Å². The quantitative estimate of drug-likeness (QED) is 0.742. The fraction of sp³-hybridized carbons (Fsp3) is 0.467. The number of likely N-dealkylation sites (N-methyl/N-ethyl adjacent to an activating group) is 1. The maximum absolute atomic E-state index is 6.08. The summed E-state index contributed by atoms with van der Waals surface area (Å²) in [6.07, 6.45) is 6.30. The molecule has 2 bridgehead atoms. The van der Waals surface area contributed by atoms with E-state index >= 15 is 0 Å². The molecule has 3 rings (SSSR count). The van der Waals surface area contributed by atoms with Gasteiger partial charge in [-0.05, 0) is 56.0 Å². The van der Waals surface area contributed by atoms with Crippen molar-refractivity contribution in [1.82, 2.24) is 4.90 Å². The average Bonchev–Trinajstić information content (AvgIpc) is 2.55. The Labute approximate surface area is 120 Å². The molecule has 1 saturated heterocycles. The van der Waals surface area contributed by atoms with Crippen molar-refractivity contribution in [2.24, 2.45) is 0 Å². The maximum Gasteiger partial charge on any atom is 0.0435 e. The fourth-order valence-electron chi connectivity index (χ4n) is 3.10. The summed E-state index contributed by atoms with van der Waals surface area (Å²) in [5.74, 6) is 0. The van der Waals surface area contributed by atoms with Crippen LogP contribution in [0.15, 0.2) is 24.3 Å². The van der Waals surface area contributed by atoms with Crippen LogP contribution in [0.25, 0.3) is 5.57 Å². The molecule has 18 heavy (non-hydrogen) atoms. The number of aryl methyl sites for hydroxylation is 1. The largest absolute Gasteiger partial charge is 0.297 e. The number of nitrogens with zero attached hydrogens (tertiary/aromatic N) is 1. The molecule has 1 fully saturated rings. The summed E-state index contributed by atoms with van der Waals surface area (Å²) >= 11 is 6.08. The predicted octanol–water partition coefficient (Wildman–Crippen LogP) is 4.32. The molecule has 2 atom stereocenters. The lowest BCUT2D eigenvalue weighted by Gasteiger charge is -2.30. The van der Waals surface area contributed by atoms with E-state index in [1.165, 1.54) is 36.0 Å². The van der Waals surface area contributed by atoms with Gasteiger partial charge >= 0.3 is 0 Å². The number of fused-ring (bicyclic) bond motifs is 2. The van der Waals surface area contributed by atoms with Crippen molar-refractivity contribution in [3.63, 3.8) is 0 Å². The first kappa shape index (κ1) is 13.9. The van der Waals surface area contributed by atoms with Gasteiger partial charge in [0, 0.05) is 17.1 Å². The first-order valence-electron chi connectivity index (χ1n) is 6.34. The Bertz CT molecular complexity index is 481. The van der Waals surface area contributed by atoms with Crippen molar-refractivity contribution >= 4 is 29.6 Å². The van der Waals surface area contributed by atoms with Crippen LogP contribution in [0.5, 0.6) is 0 Å². The summed E-state index contributed by atoms with van der Waals surface area (Å²) in [6.45, 7) is 2.08. The van der Waals surface area contributed by atoms with Gasteiger partial charge in [0.2, 0.25) is 0 Å². The molecule has 0 aromatic heterocycles. The van der Waals surface area contributed by atoms with Crippen molar-refractivity contribution < 1.29 is 0 Å². The predicted molar refractivity (Wildman–Crippen MR) is 80.6 cm³/mol. The molecular weight excluding hydrogens is 265 g/mol. The number of hydrogen-bond donors (Lipinski definition) is 0. The molecule has 2 unspecified atom stereocenters. The highest BCUT2D eigenvalue weighted by Gasteiger charge is 2.33. The van der Waals surface area contributed by atoms with Crippen LogP contribution in [0.3, 0.4) is 0 Å². The van der Waals surface area contributed by atoms with Gasteiger partial charge in [-0.1, -0.05) is 29.8 Å². The maximum atomic E-state index is 6.08. The number of hydrogen-bond acceptors (Lipinski definition) is 1. The Balaban J connectivity index is 0.00000120. The minimum atomic E-state index is 0. The van der Waals surface area contributed by atoms with Crippen molar-refractivity contribution in [3.8, 4) is 0 Å². The average molecular weight is 284 g/mol. The number of benzene rings is 1. The molecule has 3 heteroatoms. The van der Waals surface area contributed by atoms with Crippen LogP contribution in [0, 0.1) is 6.92 Å². The summed E-state index contributed by atoms with van der Waals surface area (Å²) in [5.41, 5.74) is 4.05. The lowest BCUT2D eigenvalue weighted by atomic mass is 9.94. The molecule has 1 aromatic carbocycles. The van der Waals surface area contributed by atoms with E-state index in [0.717, 1.165) is 11.1 Å². The van der Waals surface area contributed by atoms with E-state index in [1.807, 2.05) is 6.07 Å². The molecule has 0 radical (unpaired) electrons. The van der Waals surface area contributed by atoms with E-state index < -0.39 is 0 Å². The minimum absolute atomic E-state index is 0. The molecule has 0 saturated carbocycles. The van der Waals surface area contributed by atoms with E-state index in [-0.39, 0.29) is 12.4 Å². The SMILES string of the molecule is Cc1cc(C2=CC3CCC(C2)N3C)ccc1Cl.Cl. The first-order chi connectivity index (χ1) is 8.15. The normalized spacial score (nSPS) is 26.7. The van der Waals surface area contributed by atoms with Crippen LogP contribution in [-0.2, 0) is 0 Å². The molecule has 0 amide bonds. The standard InChI is InChI=1S/C15H18ClN.ClH/c1-10-7-11(3-6-15(10)16)12-8-13-4-5-14(9-12)17(13)2;/h3,6-8,13-14H,4-5,9H2,1-2H3;1H. The number of rotatable bonds is 1. The Morgan fingerprint density at radius 1 is 1.28 bits per heavy atom. The summed E-state index contributed by atoms with van der Waals surface area (Å²) in [7, 11) is 2.25. The summed E-state index contributed by atoms with van der Waals surface area (Å²) in [4.78, 5) is 2.52. The van der Waals surface area contributed by atoms with Gasteiger partial charge in [0.15, 0.2) is 0 Å². The molecule has 0 spiro atoms. The topological polar surface area (TPSA) is 3.24 Å². The second kappa shape index (κ2) is 5.24. The van der Waals surface area contributed by atoms with Crippen LogP contribution in [0.2, 0.25) is 5.02 Å². The fourth-order valence-corrected chi connectivity index (χ4v) is 3.22. The van der Waals surface area contributed by atoms with E-state index in [1.54, 1.807) is 0 Å². The van der Waals surface area contributed by atoms with Gasteiger partial charge in [-0.15, -0.1) is 12.4 Å². The van der Waals surface area contributed by atoms with Crippen molar-refractivity contribution in [3.05, 3.63) is 40.4 Å². The van der Waals surface area contributed by atoms with Gasteiger partial charge in [-0.25, -0.2) is 0 Å². The van der Waals surface area contributed by atoms with E-state index in [4.69, 9.17) is 11.6 Å². The summed E-state index contributed by atoms with van der Waals surface area (Å²) in [5, 5.41) is 0.866. The second-order valence-electron chi connectivity index (χ2n) is 5.32. The van der Waals surface area contributed by atoms with Gasteiger partial charge in [0.05, 0.1) is 0 Å². The molecule has 2 aliphatic rings. The summed E-state index contributed by atoms with van der Waals surface area (Å²) < 4.78 is 0. The third-order valence-corrected chi connectivity index (χ3v) is 4.70. The van der Waals surface area contributed by atoms with Crippen molar-refractivity contribution in [2.75, 3.05) is 7.05 Å². The second-order valence-corrected chi connectivity index (χ2v) is 5.73. The Morgan fingerprint density at radius 2 is 2.06 bits per heavy atom. The molecule has 2 heterocycles. The van der Waals surface area contributed by atoms with Crippen molar-refractivity contribution in [1.29, 1.82) is 0 Å². The zero-order valence-corrected chi connectivity index (χ0v) is 12.4. The van der Waals surface area contributed by atoms with Crippen molar-refractivity contribution in [2.45, 2.75) is 38.3 Å². The van der Waals surface area contributed by atoms with Gasteiger partial charge in [-0.3, -0.25) is 4.90 Å². The van der Waals surface area contributed by atoms with Crippen LogP contribution < -0.4 is 0 Å². The highest BCUT2D eigenvalue weighted by Crippen LogP contribution is 2.37.